The van der Waals surface area contributed by atoms with Gasteiger partial charge >= 0.3 is 0 Å². The lowest BCUT2D eigenvalue weighted by Gasteiger charge is -2.41. The Morgan fingerprint density at radius 2 is 1.61 bits per heavy atom. The second-order valence-corrected chi connectivity index (χ2v) is 5.91. The summed E-state index contributed by atoms with van der Waals surface area (Å²) in [5, 5.41) is 10.1. The van der Waals surface area contributed by atoms with E-state index >= 15 is 0 Å². The van der Waals surface area contributed by atoms with E-state index in [1.54, 1.807) is 0 Å². The van der Waals surface area contributed by atoms with Crippen LogP contribution >= 0.6 is 0 Å². The van der Waals surface area contributed by atoms with Crippen LogP contribution in [0.2, 0.25) is 0 Å². The quantitative estimate of drug-likeness (QED) is 0.814. The van der Waals surface area contributed by atoms with Gasteiger partial charge in [-0.05, 0) is 34.1 Å². The standard InChI is InChI=1S/C13H24O5/c1-6-9-11(18-13(4,5)16-9)10-8(14)7-15-12(2,3)17-10/h8-11,14H,6-7H2,1-5H3/t8?,9-,10+,11?/m0/s1. The molecule has 0 radical (unpaired) electrons. The van der Waals surface area contributed by atoms with Gasteiger partial charge in [-0.15, -0.1) is 0 Å². The van der Waals surface area contributed by atoms with E-state index in [1.807, 2.05) is 34.6 Å². The summed E-state index contributed by atoms with van der Waals surface area (Å²) in [5.74, 6) is -1.32. The highest BCUT2D eigenvalue weighted by Crippen LogP contribution is 2.36. The first-order valence-electron chi connectivity index (χ1n) is 6.59. The molecule has 0 aromatic heterocycles. The molecule has 2 fully saturated rings. The number of hydrogen-bond donors (Lipinski definition) is 1. The van der Waals surface area contributed by atoms with Crippen LogP contribution in [0.4, 0.5) is 0 Å². The van der Waals surface area contributed by atoms with Crippen LogP contribution in [-0.2, 0) is 18.9 Å². The molecule has 4 atom stereocenters. The van der Waals surface area contributed by atoms with Crippen LogP contribution in [0, 0.1) is 0 Å². The SMILES string of the molecule is CC[C@@H]1OC(C)(C)OC1[C@@H]1OC(C)(C)OCC1O. The van der Waals surface area contributed by atoms with Crippen molar-refractivity contribution in [2.24, 2.45) is 0 Å². The van der Waals surface area contributed by atoms with E-state index < -0.39 is 23.8 Å². The molecular formula is C13H24O5. The van der Waals surface area contributed by atoms with Crippen LogP contribution in [0.25, 0.3) is 0 Å². The maximum Gasteiger partial charge on any atom is 0.163 e. The molecule has 2 saturated heterocycles. The molecule has 2 heterocycles. The van der Waals surface area contributed by atoms with Gasteiger partial charge in [0.1, 0.15) is 18.3 Å². The summed E-state index contributed by atoms with van der Waals surface area (Å²) >= 11 is 0. The minimum absolute atomic E-state index is 0.0615. The molecule has 1 N–H and O–H groups in total. The van der Waals surface area contributed by atoms with E-state index in [-0.39, 0.29) is 18.8 Å². The summed E-state index contributed by atoms with van der Waals surface area (Å²) in [6, 6.07) is 0. The largest absolute Gasteiger partial charge is 0.388 e. The maximum atomic E-state index is 10.1. The normalized spacial score (nSPS) is 43.0. The molecular weight excluding hydrogens is 236 g/mol. The lowest BCUT2D eigenvalue weighted by atomic mass is 10.00. The van der Waals surface area contributed by atoms with E-state index in [9.17, 15) is 5.11 Å². The lowest BCUT2D eigenvalue weighted by molar-refractivity contribution is -0.322. The fourth-order valence-corrected chi connectivity index (χ4v) is 2.56. The number of aliphatic hydroxyl groups is 1. The molecule has 0 aromatic carbocycles. The van der Waals surface area contributed by atoms with Crippen LogP contribution in [0.3, 0.4) is 0 Å². The van der Waals surface area contributed by atoms with Crippen molar-refractivity contribution in [1.82, 2.24) is 0 Å². The molecule has 0 saturated carbocycles. The van der Waals surface area contributed by atoms with Gasteiger partial charge in [0.2, 0.25) is 0 Å². The van der Waals surface area contributed by atoms with Crippen molar-refractivity contribution < 1.29 is 24.1 Å². The monoisotopic (exact) mass is 260 g/mol. The van der Waals surface area contributed by atoms with Crippen molar-refractivity contribution in [3.8, 4) is 0 Å². The molecule has 2 aliphatic heterocycles. The summed E-state index contributed by atoms with van der Waals surface area (Å²) in [6.07, 6.45) is -0.603. The maximum absolute atomic E-state index is 10.1. The number of hydrogen-bond acceptors (Lipinski definition) is 5. The molecule has 0 bridgehead atoms. The first-order chi connectivity index (χ1) is 8.24. The zero-order valence-corrected chi connectivity index (χ0v) is 11.8. The highest BCUT2D eigenvalue weighted by molar-refractivity contribution is 4.92. The van der Waals surface area contributed by atoms with E-state index in [2.05, 4.69) is 0 Å². The second-order valence-electron chi connectivity index (χ2n) is 5.91. The Morgan fingerprint density at radius 1 is 1.00 bits per heavy atom. The molecule has 0 spiro atoms. The molecule has 0 aliphatic carbocycles. The number of ether oxygens (including phenoxy) is 4. The van der Waals surface area contributed by atoms with Gasteiger partial charge in [-0.1, -0.05) is 6.92 Å². The third-order valence-corrected chi connectivity index (χ3v) is 3.35. The van der Waals surface area contributed by atoms with Gasteiger partial charge in [-0.25, -0.2) is 0 Å². The first kappa shape index (κ1) is 14.2. The second kappa shape index (κ2) is 4.72. The van der Waals surface area contributed by atoms with Gasteiger partial charge in [0.25, 0.3) is 0 Å². The van der Waals surface area contributed by atoms with Crippen LogP contribution in [0.15, 0.2) is 0 Å². The van der Waals surface area contributed by atoms with E-state index in [1.165, 1.54) is 0 Å². The van der Waals surface area contributed by atoms with E-state index in [0.29, 0.717) is 0 Å². The Morgan fingerprint density at radius 3 is 2.22 bits per heavy atom. The predicted octanol–water partition coefficient (Wildman–Crippen LogP) is 1.43. The molecule has 2 rings (SSSR count). The summed E-state index contributed by atoms with van der Waals surface area (Å²) in [6.45, 7) is 9.74. The van der Waals surface area contributed by atoms with Crippen LogP contribution in [0.1, 0.15) is 41.0 Å². The van der Waals surface area contributed by atoms with Gasteiger partial charge in [-0.3, -0.25) is 0 Å². The van der Waals surface area contributed by atoms with Crippen LogP contribution in [0.5, 0.6) is 0 Å². The number of rotatable bonds is 2. The molecule has 18 heavy (non-hydrogen) atoms. The Hall–Kier alpha value is -0.200. The first-order valence-corrected chi connectivity index (χ1v) is 6.59. The Bertz CT molecular complexity index is 300. The van der Waals surface area contributed by atoms with E-state index in [4.69, 9.17) is 18.9 Å². The Balaban J connectivity index is 2.13. The third-order valence-electron chi connectivity index (χ3n) is 3.35. The van der Waals surface area contributed by atoms with Gasteiger partial charge < -0.3 is 24.1 Å². The lowest BCUT2D eigenvalue weighted by Crippen LogP contribution is -2.55. The summed E-state index contributed by atoms with van der Waals surface area (Å²) in [5.41, 5.74) is 0. The molecule has 0 aromatic rings. The van der Waals surface area contributed by atoms with Gasteiger partial charge in [0.05, 0.1) is 12.7 Å². The fourth-order valence-electron chi connectivity index (χ4n) is 2.56. The zero-order chi connectivity index (χ0) is 13.6. The third kappa shape index (κ3) is 2.86. The summed E-state index contributed by atoms with van der Waals surface area (Å²) in [4.78, 5) is 0. The van der Waals surface area contributed by atoms with Crippen LogP contribution < -0.4 is 0 Å². The van der Waals surface area contributed by atoms with Gasteiger partial charge in [0, 0.05) is 0 Å². The molecule has 2 unspecified atom stereocenters. The van der Waals surface area contributed by atoms with Crippen molar-refractivity contribution in [2.45, 2.75) is 77.0 Å². The van der Waals surface area contributed by atoms with Gasteiger partial charge in [0.15, 0.2) is 11.6 Å². The molecule has 2 aliphatic rings. The smallest absolute Gasteiger partial charge is 0.163 e. The zero-order valence-electron chi connectivity index (χ0n) is 11.8. The topological polar surface area (TPSA) is 57.2 Å². The van der Waals surface area contributed by atoms with Crippen molar-refractivity contribution in [1.29, 1.82) is 0 Å². The Labute approximate surface area is 108 Å². The van der Waals surface area contributed by atoms with Crippen molar-refractivity contribution in [2.75, 3.05) is 6.61 Å². The molecule has 0 amide bonds. The number of aliphatic hydroxyl groups excluding tert-OH is 1. The predicted molar refractivity (Wildman–Crippen MR) is 65.0 cm³/mol. The van der Waals surface area contributed by atoms with Crippen molar-refractivity contribution in [3.05, 3.63) is 0 Å². The molecule has 5 nitrogen and oxygen atoms in total. The average Bonchev–Trinajstić information content (AvgIpc) is 2.57. The molecule has 106 valence electrons. The minimum atomic E-state index is -0.696. The summed E-state index contributed by atoms with van der Waals surface area (Å²) in [7, 11) is 0. The summed E-state index contributed by atoms with van der Waals surface area (Å²) < 4.78 is 23.0. The minimum Gasteiger partial charge on any atom is -0.388 e. The highest BCUT2D eigenvalue weighted by Gasteiger charge is 2.50. The average molecular weight is 260 g/mol. The van der Waals surface area contributed by atoms with Crippen molar-refractivity contribution in [3.63, 3.8) is 0 Å². The van der Waals surface area contributed by atoms with Crippen molar-refractivity contribution >= 4 is 0 Å². The highest BCUT2D eigenvalue weighted by atomic mass is 16.8. The van der Waals surface area contributed by atoms with Crippen LogP contribution in [-0.4, -0.2) is 47.7 Å². The fraction of sp³-hybridized carbons (Fsp3) is 1.00. The Kier molecular flexibility index (Phi) is 3.73. The van der Waals surface area contributed by atoms with E-state index in [0.717, 1.165) is 6.42 Å². The molecule has 5 heteroatoms. The van der Waals surface area contributed by atoms with Gasteiger partial charge in [-0.2, -0.15) is 0 Å².